The summed E-state index contributed by atoms with van der Waals surface area (Å²) in [5.41, 5.74) is -0.105. The highest BCUT2D eigenvalue weighted by Gasteiger charge is 2.24. The van der Waals surface area contributed by atoms with Crippen LogP contribution < -0.4 is 4.90 Å². The molecular weight excluding hydrogens is 302 g/mol. The van der Waals surface area contributed by atoms with Crippen molar-refractivity contribution < 1.29 is 17.9 Å². The molecule has 0 N–H and O–H groups in total. The van der Waals surface area contributed by atoms with E-state index in [4.69, 9.17) is 15.4 Å². The van der Waals surface area contributed by atoms with Gasteiger partial charge in [-0.25, -0.2) is 13.2 Å². The number of ether oxygens (including phenoxy) is 1. The van der Waals surface area contributed by atoms with Gasteiger partial charge in [0.1, 0.15) is 5.60 Å². The molecule has 0 fully saturated rings. The molecule has 0 aliphatic heterocycles. The van der Waals surface area contributed by atoms with E-state index < -0.39 is 20.7 Å². The number of para-hydroxylation sites is 1. The normalized spacial score (nSPS) is 12.0. The molecule has 0 bridgehead atoms. The van der Waals surface area contributed by atoms with E-state index in [9.17, 15) is 13.2 Å². The van der Waals surface area contributed by atoms with E-state index in [-0.39, 0.29) is 12.3 Å². The summed E-state index contributed by atoms with van der Waals surface area (Å²) in [7, 11) is 1.51. The van der Waals surface area contributed by atoms with Crippen molar-refractivity contribution in [2.24, 2.45) is 0 Å². The minimum atomic E-state index is -3.68. The Morgan fingerprint density at radius 1 is 1.25 bits per heavy atom. The van der Waals surface area contributed by atoms with Gasteiger partial charge < -0.3 is 4.74 Å². The first kappa shape index (κ1) is 16.8. The lowest BCUT2D eigenvalue weighted by molar-refractivity contribution is 0.0582. The number of rotatable bonds is 4. The van der Waals surface area contributed by atoms with Crippen molar-refractivity contribution in [1.29, 1.82) is 0 Å². The molecule has 0 heterocycles. The highest BCUT2D eigenvalue weighted by molar-refractivity contribution is 8.13. The van der Waals surface area contributed by atoms with E-state index in [0.29, 0.717) is 5.69 Å². The summed E-state index contributed by atoms with van der Waals surface area (Å²) in [6.07, 6.45) is -0.607. The Bertz CT molecular complexity index is 551. The van der Waals surface area contributed by atoms with Crippen LogP contribution in [0.5, 0.6) is 0 Å². The van der Waals surface area contributed by atoms with Crippen molar-refractivity contribution >= 4 is 31.5 Å². The van der Waals surface area contributed by atoms with Crippen LogP contribution in [0.4, 0.5) is 10.5 Å². The number of carbonyl (C=O) groups is 1. The summed E-state index contributed by atoms with van der Waals surface area (Å²) < 4.78 is 27.4. The molecule has 0 saturated carbocycles. The lowest BCUT2D eigenvalue weighted by Crippen LogP contribution is -2.39. The van der Waals surface area contributed by atoms with Crippen LogP contribution in [0.2, 0.25) is 0 Å². The van der Waals surface area contributed by atoms with E-state index in [1.54, 1.807) is 51.1 Å². The number of hydrogen-bond acceptors (Lipinski definition) is 4. The number of nitrogens with zero attached hydrogens (tertiary/aromatic N) is 1. The Morgan fingerprint density at radius 3 is 2.25 bits per heavy atom. The molecule has 20 heavy (non-hydrogen) atoms. The first-order valence-electron chi connectivity index (χ1n) is 6.06. The first-order chi connectivity index (χ1) is 9.08. The monoisotopic (exact) mass is 319 g/mol. The van der Waals surface area contributed by atoms with E-state index in [1.807, 2.05) is 0 Å². The second-order valence-corrected chi connectivity index (χ2v) is 8.11. The van der Waals surface area contributed by atoms with Gasteiger partial charge in [-0.1, -0.05) is 18.2 Å². The van der Waals surface area contributed by atoms with Gasteiger partial charge in [-0.3, -0.25) is 4.90 Å². The van der Waals surface area contributed by atoms with Gasteiger partial charge in [0.15, 0.2) is 0 Å². The lowest BCUT2D eigenvalue weighted by atomic mass is 10.2. The zero-order chi connectivity index (χ0) is 15.4. The number of carbonyl (C=O) groups excluding carboxylic acids is 1. The standard InChI is InChI=1S/C13H18ClNO4S/c1-13(2,3)19-12(16)15(9-10-20(14,17)18)11-7-5-4-6-8-11/h4-8H,9-10H2,1-3H3. The van der Waals surface area contributed by atoms with Crippen LogP contribution in [0, 0.1) is 0 Å². The van der Waals surface area contributed by atoms with Gasteiger partial charge in [0.2, 0.25) is 9.05 Å². The van der Waals surface area contributed by atoms with Crippen molar-refractivity contribution in [3.63, 3.8) is 0 Å². The van der Waals surface area contributed by atoms with Crippen LogP contribution in [-0.4, -0.2) is 32.4 Å². The maximum absolute atomic E-state index is 12.1. The zero-order valence-electron chi connectivity index (χ0n) is 11.7. The Hall–Kier alpha value is -1.27. The maximum Gasteiger partial charge on any atom is 0.414 e. The zero-order valence-corrected chi connectivity index (χ0v) is 13.2. The average Bonchev–Trinajstić information content (AvgIpc) is 2.26. The number of halogens is 1. The van der Waals surface area contributed by atoms with Gasteiger partial charge in [0, 0.05) is 22.9 Å². The molecule has 0 aliphatic rings. The van der Waals surface area contributed by atoms with Crippen molar-refractivity contribution in [3.8, 4) is 0 Å². The molecule has 0 atom stereocenters. The third-order valence-corrected chi connectivity index (χ3v) is 3.37. The second-order valence-electron chi connectivity index (χ2n) is 5.21. The van der Waals surface area contributed by atoms with Gasteiger partial charge in [0.05, 0.1) is 5.75 Å². The number of anilines is 1. The highest BCUT2D eigenvalue weighted by Crippen LogP contribution is 2.18. The van der Waals surface area contributed by atoms with E-state index in [2.05, 4.69) is 0 Å². The molecule has 5 nitrogen and oxygen atoms in total. The largest absolute Gasteiger partial charge is 0.443 e. The lowest BCUT2D eigenvalue weighted by Gasteiger charge is -2.27. The average molecular weight is 320 g/mol. The SMILES string of the molecule is CC(C)(C)OC(=O)N(CCS(=O)(=O)Cl)c1ccccc1. The molecule has 0 radical (unpaired) electrons. The molecule has 0 aromatic heterocycles. The summed E-state index contributed by atoms with van der Waals surface area (Å²) in [6, 6.07) is 8.70. The van der Waals surface area contributed by atoms with Gasteiger partial charge in [-0.2, -0.15) is 0 Å². The smallest absolute Gasteiger partial charge is 0.414 e. The van der Waals surface area contributed by atoms with Crippen LogP contribution in [0.1, 0.15) is 20.8 Å². The summed E-state index contributed by atoms with van der Waals surface area (Å²) in [5, 5.41) is 0. The third kappa shape index (κ3) is 6.25. The maximum atomic E-state index is 12.1. The molecular formula is C13H18ClNO4S. The van der Waals surface area contributed by atoms with Gasteiger partial charge in [-0.05, 0) is 32.9 Å². The number of benzene rings is 1. The van der Waals surface area contributed by atoms with Crippen LogP contribution >= 0.6 is 10.7 Å². The molecule has 0 aliphatic carbocycles. The fourth-order valence-electron chi connectivity index (χ4n) is 1.45. The van der Waals surface area contributed by atoms with Crippen molar-refractivity contribution in [2.45, 2.75) is 26.4 Å². The van der Waals surface area contributed by atoms with E-state index >= 15 is 0 Å². The second kappa shape index (κ2) is 6.45. The summed E-state index contributed by atoms with van der Waals surface area (Å²) >= 11 is 0. The predicted molar refractivity (Wildman–Crippen MR) is 79.7 cm³/mol. The van der Waals surface area contributed by atoms with Crippen molar-refractivity contribution in [1.82, 2.24) is 0 Å². The molecule has 7 heteroatoms. The van der Waals surface area contributed by atoms with Crippen LogP contribution in [0.15, 0.2) is 30.3 Å². The predicted octanol–water partition coefficient (Wildman–Crippen LogP) is 3.00. The minimum absolute atomic E-state index is 0.0647. The Morgan fingerprint density at radius 2 is 1.80 bits per heavy atom. The molecule has 1 amide bonds. The molecule has 0 spiro atoms. The summed E-state index contributed by atoms with van der Waals surface area (Å²) in [5.74, 6) is -0.345. The quantitative estimate of drug-likeness (QED) is 0.800. The molecule has 1 aromatic carbocycles. The Labute approximate surface area is 123 Å². The first-order valence-corrected chi connectivity index (χ1v) is 8.54. The minimum Gasteiger partial charge on any atom is -0.443 e. The topological polar surface area (TPSA) is 63.7 Å². The fraction of sp³-hybridized carbons (Fsp3) is 0.462. The summed E-state index contributed by atoms with van der Waals surface area (Å²) in [4.78, 5) is 13.4. The van der Waals surface area contributed by atoms with Crippen molar-refractivity contribution in [2.75, 3.05) is 17.2 Å². The molecule has 112 valence electrons. The van der Waals surface area contributed by atoms with Gasteiger partial charge in [-0.15, -0.1) is 0 Å². The van der Waals surface area contributed by atoms with Crippen molar-refractivity contribution in [3.05, 3.63) is 30.3 Å². The Balaban J connectivity index is 2.93. The third-order valence-electron chi connectivity index (χ3n) is 2.24. The molecule has 1 aromatic rings. The molecule has 0 saturated heterocycles. The van der Waals surface area contributed by atoms with Gasteiger partial charge >= 0.3 is 6.09 Å². The Kier molecular flexibility index (Phi) is 5.42. The van der Waals surface area contributed by atoms with E-state index in [1.165, 1.54) is 4.90 Å². The van der Waals surface area contributed by atoms with E-state index in [0.717, 1.165) is 0 Å². The molecule has 0 unspecified atom stereocenters. The fourth-order valence-corrected chi connectivity index (χ4v) is 2.06. The van der Waals surface area contributed by atoms with Crippen LogP contribution in [-0.2, 0) is 13.8 Å². The number of amides is 1. The number of hydrogen-bond donors (Lipinski definition) is 0. The van der Waals surface area contributed by atoms with Crippen LogP contribution in [0.25, 0.3) is 0 Å². The highest BCUT2D eigenvalue weighted by atomic mass is 35.7. The van der Waals surface area contributed by atoms with Crippen LogP contribution in [0.3, 0.4) is 0 Å². The van der Waals surface area contributed by atoms with Gasteiger partial charge in [0.25, 0.3) is 0 Å². The summed E-state index contributed by atoms with van der Waals surface area (Å²) in [6.45, 7) is 5.16. The molecule has 1 rings (SSSR count).